The Morgan fingerprint density at radius 1 is 0.905 bits per heavy atom. The van der Waals surface area contributed by atoms with E-state index in [0.717, 1.165) is 16.8 Å². The van der Waals surface area contributed by atoms with E-state index in [1.165, 1.54) is 38.6 Å². The minimum absolute atomic E-state index is 0.0207. The molecule has 11 heteroatoms. The van der Waals surface area contributed by atoms with E-state index >= 15 is 0 Å². The van der Waals surface area contributed by atoms with Crippen LogP contribution in [0.2, 0.25) is 0 Å². The first-order valence-electron chi connectivity index (χ1n) is 13.2. The minimum Gasteiger partial charge on any atom is -0.467 e. The number of hydrogen-bond acceptors (Lipinski definition) is 10. The number of para-hydroxylation sites is 1. The molecule has 2 aromatic carbocycles. The molecule has 1 fully saturated rings. The summed E-state index contributed by atoms with van der Waals surface area (Å²) in [4.78, 5) is 62.0. The van der Waals surface area contributed by atoms with Crippen molar-refractivity contribution in [3.63, 3.8) is 0 Å². The zero-order chi connectivity index (χ0) is 29.6. The molecule has 1 amide bonds. The molecule has 0 bridgehead atoms. The van der Waals surface area contributed by atoms with Crippen LogP contribution < -0.4 is 4.90 Å². The van der Waals surface area contributed by atoms with Crippen LogP contribution in [0.5, 0.6) is 0 Å². The number of ether oxygens (including phenoxy) is 3. The highest BCUT2D eigenvalue weighted by Crippen LogP contribution is 2.58. The Hall–Kier alpha value is -5.19. The van der Waals surface area contributed by atoms with Crippen molar-refractivity contribution in [1.29, 1.82) is 0 Å². The summed E-state index contributed by atoms with van der Waals surface area (Å²) in [6, 6.07) is 18.1. The molecule has 3 aliphatic rings. The van der Waals surface area contributed by atoms with E-state index in [1.807, 2.05) is 59.5 Å². The van der Waals surface area contributed by atoms with Gasteiger partial charge in [-0.2, -0.15) is 0 Å². The fraction of sp³-hybridized carbons (Fsp3) is 0.258. The standard InChI is InChI=1S/C31H27N3O8/c1-39-27(36)21-16-31-19-12-7-8-13-20(19)33(17-18-10-5-4-6-11-18)25(31)23(28(37)40-2)24(29(38)41-3)32-30(31)34(21)26(35)22-14-9-15-42-22/h4-15,21,25H,16-17H2,1-3H3/t21-,25-,31-/m0/s1. The lowest BCUT2D eigenvalue weighted by molar-refractivity contribution is -0.144. The second-order valence-corrected chi connectivity index (χ2v) is 10.1. The zero-order valence-electron chi connectivity index (χ0n) is 23.1. The number of anilines is 1. The van der Waals surface area contributed by atoms with E-state index in [0.29, 0.717) is 6.54 Å². The van der Waals surface area contributed by atoms with E-state index in [9.17, 15) is 19.2 Å². The third-order valence-electron chi connectivity index (χ3n) is 8.08. The van der Waals surface area contributed by atoms with Gasteiger partial charge in [0.1, 0.15) is 11.9 Å². The second-order valence-electron chi connectivity index (χ2n) is 10.1. The van der Waals surface area contributed by atoms with Gasteiger partial charge in [-0.3, -0.25) is 9.69 Å². The molecule has 3 atom stereocenters. The van der Waals surface area contributed by atoms with E-state index in [1.54, 1.807) is 6.07 Å². The number of likely N-dealkylation sites (tertiary alicyclic amines) is 1. The van der Waals surface area contributed by atoms with Crippen molar-refractivity contribution in [2.75, 3.05) is 26.2 Å². The Bertz CT molecular complexity index is 1650. The fourth-order valence-electron chi connectivity index (χ4n) is 6.43. The van der Waals surface area contributed by atoms with Crippen LogP contribution in [0.15, 0.2) is 93.7 Å². The van der Waals surface area contributed by atoms with Crippen LogP contribution in [-0.4, -0.2) is 68.0 Å². The normalized spacial score (nSPS) is 22.1. The number of amides is 1. The lowest BCUT2D eigenvalue weighted by Gasteiger charge is -2.40. The van der Waals surface area contributed by atoms with Gasteiger partial charge >= 0.3 is 17.9 Å². The summed E-state index contributed by atoms with van der Waals surface area (Å²) < 4.78 is 20.8. The molecule has 6 rings (SSSR count). The number of carbonyl (C=O) groups excluding carboxylic acids is 4. The number of benzene rings is 2. The van der Waals surface area contributed by atoms with Crippen LogP contribution in [0.1, 0.15) is 28.1 Å². The molecule has 1 saturated heterocycles. The highest BCUT2D eigenvalue weighted by molar-refractivity contribution is 6.19. The van der Waals surface area contributed by atoms with Crippen LogP contribution in [0, 0.1) is 0 Å². The predicted octanol–water partition coefficient (Wildman–Crippen LogP) is 3.01. The van der Waals surface area contributed by atoms with E-state index < -0.39 is 41.3 Å². The molecular formula is C31H27N3O8. The zero-order valence-corrected chi connectivity index (χ0v) is 23.1. The van der Waals surface area contributed by atoms with Crippen LogP contribution in [0.3, 0.4) is 0 Å². The smallest absolute Gasteiger partial charge is 0.357 e. The molecule has 0 saturated carbocycles. The Labute approximate surface area is 241 Å². The number of furan rings is 1. The summed E-state index contributed by atoms with van der Waals surface area (Å²) in [5.41, 5.74) is 0.849. The molecule has 0 unspecified atom stereocenters. The lowest BCUT2D eigenvalue weighted by atomic mass is 9.69. The summed E-state index contributed by atoms with van der Waals surface area (Å²) in [5.74, 6) is -2.92. The number of fused-ring (bicyclic) bond motifs is 1. The molecule has 42 heavy (non-hydrogen) atoms. The van der Waals surface area contributed by atoms with Crippen LogP contribution in [0.25, 0.3) is 0 Å². The second kappa shape index (κ2) is 10.3. The molecular weight excluding hydrogens is 542 g/mol. The van der Waals surface area contributed by atoms with Gasteiger partial charge in [-0.15, -0.1) is 0 Å². The van der Waals surface area contributed by atoms with Gasteiger partial charge in [0.25, 0.3) is 5.91 Å². The highest BCUT2D eigenvalue weighted by atomic mass is 16.5. The summed E-state index contributed by atoms with van der Waals surface area (Å²) in [7, 11) is 3.63. The van der Waals surface area contributed by atoms with Gasteiger partial charge in [0.2, 0.25) is 0 Å². The lowest BCUT2D eigenvalue weighted by Crippen LogP contribution is -2.55. The Morgan fingerprint density at radius 2 is 1.62 bits per heavy atom. The van der Waals surface area contributed by atoms with Crippen LogP contribution in [0.4, 0.5) is 5.69 Å². The number of nitrogens with zero attached hydrogens (tertiary/aromatic N) is 3. The highest BCUT2D eigenvalue weighted by Gasteiger charge is 2.68. The van der Waals surface area contributed by atoms with Crippen molar-refractivity contribution in [3.05, 3.63) is 101 Å². The maximum Gasteiger partial charge on any atom is 0.357 e. The maximum absolute atomic E-state index is 14.0. The van der Waals surface area contributed by atoms with E-state index in [2.05, 4.69) is 4.99 Å². The molecule has 3 aliphatic heterocycles. The molecule has 11 nitrogen and oxygen atoms in total. The van der Waals surface area contributed by atoms with Gasteiger partial charge in [0.05, 0.1) is 44.6 Å². The van der Waals surface area contributed by atoms with Gasteiger partial charge < -0.3 is 23.5 Å². The Morgan fingerprint density at radius 3 is 2.29 bits per heavy atom. The molecule has 0 aliphatic carbocycles. The van der Waals surface area contributed by atoms with Crippen molar-refractivity contribution in [1.82, 2.24) is 4.90 Å². The third-order valence-corrected chi connectivity index (χ3v) is 8.08. The number of rotatable bonds is 6. The van der Waals surface area contributed by atoms with Crippen molar-refractivity contribution in [2.45, 2.75) is 30.5 Å². The molecule has 214 valence electrons. The summed E-state index contributed by atoms with van der Waals surface area (Å²) in [5, 5.41) is 0. The number of amidine groups is 1. The summed E-state index contributed by atoms with van der Waals surface area (Å²) in [6.45, 7) is 0.335. The van der Waals surface area contributed by atoms with E-state index in [-0.39, 0.29) is 29.3 Å². The topological polar surface area (TPSA) is 128 Å². The fourth-order valence-corrected chi connectivity index (χ4v) is 6.43. The van der Waals surface area contributed by atoms with Gasteiger partial charge in [0.15, 0.2) is 11.5 Å². The first kappa shape index (κ1) is 27.0. The Kier molecular flexibility index (Phi) is 6.64. The Balaban J connectivity index is 1.67. The van der Waals surface area contributed by atoms with Crippen molar-refractivity contribution in [2.24, 2.45) is 4.99 Å². The number of hydrogen-bond donors (Lipinski definition) is 0. The van der Waals surface area contributed by atoms with Crippen molar-refractivity contribution < 1.29 is 37.8 Å². The van der Waals surface area contributed by atoms with Gasteiger partial charge in [0, 0.05) is 12.2 Å². The number of aliphatic imine (C=N–C) groups is 1. The van der Waals surface area contributed by atoms with Crippen molar-refractivity contribution >= 4 is 35.3 Å². The SMILES string of the molecule is COC(=O)C1=C(C(=O)OC)[C@@H]2N(Cc3ccccc3)c3ccccc3[C@@]23C[C@@H](C(=O)OC)N(C(=O)c2ccco2)C3=N1. The number of esters is 3. The third kappa shape index (κ3) is 3.84. The number of carbonyl (C=O) groups is 4. The van der Waals surface area contributed by atoms with Crippen molar-refractivity contribution in [3.8, 4) is 0 Å². The van der Waals surface area contributed by atoms with Gasteiger partial charge in [-0.25, -0.2) is 19.4 Å². The first-order chi connectivity index (χ1) is 20.4. The average molecular weight is 570 g/mol. The molecule has 1 aromatic heterocycles. The summed E-state index contributed by atoms with van der Waals surface area (Å²) in [6.07, 6.45) is 1.37. The average Bonchev–Trinajstić information content (AvgIpc) is 3.75. The quantitative estimate of drug-likeness (QED) is 0.325. The molecule has 4 heterocycles. The molecule has 3 aromatic rings. The molecule has 1 spiro atoms. The minimum atomic E-state index is -1.23. The maximum atomic E-state index is 14.0. The molecule has 0 N–H and O–H groups in total. The van der Waals surface area contributed by atoms with Crippen LogP contribution in [-0.2, 0) is 40.6 Å². The first-order valence-corrected chi connectivity index (χ1v) is 13.2. The monoisotopic (exact) mass is 569 g/mol. The van der Waals surface area contributed by atoms with E-state index in [4.69, 9.17) is 18.6 Å². The number of methoxy groups -OCH3 is 3. The largest absolute Gasteiger partial charge is 0.467 e. The predicted molar refractivity (Wildman–Crippen MR) is 148 cm³/mol. The van der Waals surface area contributed by atoms with Gasteiger partial charge in [-0.1, -0.05) is 48.5 Å². The summed E-state index contributed by atoms with van der Waals surface area (Å²) >= 11 is 0. The molecule has 0 radical (unpaired) electrons. The van der Waals surface area contributed by atoms with Gasteiger partial charge in [-0.05, 0) is 35.7 Å². The van der Waals surface area contributed by atoms with Crippen LogP contribution >= 0.6 is 0 Å².